The van der Waals surface area contributed by atoms with Gasteiger partial charge in [-0.05, 0) is 58.7 Å². The number of benzene rings is 1. The third-order valence-electron chi connectivity index (χ3n) is 6.80. The van der Waals surface area contributed by atoms with Crippen molar-refractivity contribution in [1.29, 1.82) is 0 Å². The molecule has 3 aromatic rings. The van der Waals surface area contributed by atoms with Crippen LogP contribution in [0.25, 0.3) is 11.2 Å². The number of nitrogens with one attached hydrogen (secondary N) is 2. The minimum atomic E-state index is -4.25. The van der Waals surface area contributed by atoms with Gasteiger partial charge in [-0.25, -0.2) is 18.9 Å². The van der Waals surface area contributed by atoms with E-state index in [0.29, 0.717) is 17.2 Å². The zero-order chi connectivity index (χ0) is 29.4. The van der Waals surface area contributed by atoms with Crippen molar-refractivity contribution in [1.82, 2.24) is 19.6 Å². The lowest BCUT2D eigenvalue weighted by Gasteiger charge is -2.25. The average Bonchev–Trinajstić information content (AvgIpc) is 3.58. The molecule has 2 fully saturated rings. The maximum atomic E-state index is 16.0. The van der Waals surface area contributed by atoms with Gasteiger partial charge in [0.25, 0.3) is 0 Å². The smallest absolute Gasteiger partial charge is 0.459 e. The van der Waals surface area contributed by atoms with Crippen molar-refractivity contribution in [2.24, 2.45) is 0 Å². The number of carbonyl (C=O) groups is 1. The molecule has 2 aromatic heterocycles. The molecule has 3 heterocycles. The molecule has 14 heteroatoms. The van der Waals surface area contributed by atoms with Gasteiger partial charge in [0.1, 0.15) is 29.5 Å². The number of hydrogen-bond acceptors (Lipinski definition) is 10. The number of pyridine rings is 1. The van der Waals surface area contributed by atoms with Crippen LogP contribution in [0.1, 0.15) is 46.8 Å². The Labute approximate surface area is 237 Å². The number of rotatable bonds is 12. The molecule has 0 radical (unpaired) electrons. The normalized spacial score (nSPS) is 26.6. The van der Waals surface area contributed by atoms with E-state index in [1.807, 2.05) is 6.07 Å². The first-order chi connectivity index (χ1) is 19.5. The summed E-state index contributed by atoms with van der Waals surface area (Å²) in [6, 6.07) is 9.34. The second-order valence-electron chi connectivity index (χ2n) is 10.8. The number of imidazole rings is 1. The Morgan fingerprint density at radius 1 is 1.24 bits per heavy atom. The zero-order valence-electron chi connectivity index (χ0n) is 23.3. The topological polar surface area (TPSA) is 146 Å². The number of nitrogens with zero attached hydrogens (tertiary/aromatic N) is 3. The summed E-state index contributed by atoms with van der Waals surface area (Å²) in [5.74, 6) is -0.454. The Balaban J connectivity index is 1.34. The van der Waals surface area contributed by atoms with E-state index in [2.05, 4.69) is 20.4 Å². The first-order valence-corrected chi connectivity index (χ1v) is 15.1. The fourth-order valence-corrected chi connectivity index (χ4v) is 6.03. The molecule has 1 saturated carbocycles. The van der Waals surface area contributed by atoms with E-state index in [1.54, 1.807) is 50.4 Å². The Bertz CT molecular complexity index is 1420. The van der Waals surface area contributed by atoms with E-state index in [4.69, 9.17) is 18.5 Å². The third-order valence-corrected chi connectivity index (χ3v) is 8.45. The third kappa shape index (κ3) is 6.54. The maximum absolute atomic E-state index is 16.0. The summed E-state index contributed by atoms with van der Waals surface area (Å²) in [4.78, 5) is 21.2. The number of esters is 1. The van der Waals surface area contributed by atoms with E-state index in [-0.39, 0.29) is 5.75 Å². The number of aliphatic hydroxyl groups excluding tert-OH is 1. The Kier molecular flexibility index (Phi) is 8.36. The SMILES string of the molecule is CC(C)OC(=O)[C@@H](C)N[P@](=O)(OC[C@H]1O[C@@H](n2cnc3c(NC4CC4)ccnc32)[C@](C)(F)[C@@H]1O)Oc1ccccc1. The lowest BCUT2D eigenvalue weighted by Crippen LogP contribution is -2.41. The molecular weight excluding hydrogens is 556 g/mol. The second-order valence-corrected chi connectivity index (χ2v) is 12.5. The molecule has 5 rings (SSSR count). The molecule has 0 bridgehead atoms. The number of anilines is 1. The molecule has 0 amide bonds. The second kappa shape index (κ2) is 11.7. The van der Waals surface area contributed by atoms with Crippen LogP contribution < -0.4 is 14.9 Å². The number of fused-ring (bicyclic) bond motifs is 1. The highest BCUT2D eigenvalue weighted by Gasteiger charge is 2.56. The minimum Gasteiger partial charge on any atom is -0.462 e. The molecule has 2 aliphatic rings. The van der Waals surface area contributed by atoms with Gasteiger partial charge in [-0.1, -0.05) is 18.2 Å². The van der Waals surface area contributed by atoms with E-state index in [1.165, 1.54) is 24.7 Å². The monoisotopic (exact) mass is 591 g/mol. The van der Waals surface area contributed by atoms with Gasteiger partial charge in [-0.15, -0.1) is 0 Å². The number of aliphatic hydroxyl groups is 1. The van der Waals surface area contributed by atoms with Gasteiger partial charge in [-0.2, -0.15) is 5.09 Å². The highest BCUT2D eigenvalue weighted by Crippen LogP contribution is 2.48. The lowest BCUT2D eigenvalue weighted by atomic mass is 9.98. The first-order valence-electron chi connectivity index (χ1n) is 13.5. The van der Waals surface area contributed by atoms with Gasteiger partial charge in [0.15, 0.2) is 17.5 Å². The van der Waals surface area contributed by atoms with E-state index in [9.17, 15) is 14.5 Å². The highest BCUT2D eigenvalue weighted by molar-refractivity contribution is 7.52. The zero-order valence-corrected chi connectivity index (χ0v) is 24.2. The molecule has 222 valence electrons. The number of alkyl halides is 1. The van der Waals surface area contributed by atoms with Crippen molar-refractivity contribution < 1.29 is 37.4 Å². The van der Waals surface area contributed by atoms with Crippen LogP contribution in [0.5, 0.6) is 5.75 Å². The maximum Gasteiger partial charge on any atom is 0.459 e. The van der Waals surface area contributed by atoms with Crippen LogP contribution in [0.15, 0.2) is 48.9 Å². The van der Waals surface area contributed by atoms with Crippen molar-refractivity contribution in [3.05, 3.63) is 48.9 Å². The molecule has 0 spiro atoms. The molecule has 1 aromatic carbocycles. The predicted octanol–water partition coefficient (Wildman–Crippen LogP) is 4.13. The molecule has 41 heavy (non-hydrogen) atoms. The van der Waals surface area contributed by atoms with Gasteiger partial charge in [0.2, 0.25) is 0 Å². The Morgan fingerprint density at radius 3 is 2.66 bits per heavy atom. The summed E-state index contributed by atoms with van der Waals surface area (Å²) in [5.41, 5.74) is -0.559. The quantitative estimate of drug-likeness (QED) is 0.206. The summed E-state index contributed by atoms with van der Waals surface area (Å²) < 4.78 is 53.7. The number of halogens is 1. The summed E-state index contributed by atoms with van der Waals surface area (Å²) in [6.07, 6.45) is 0.551. The van der Waals surface area contributed by atoms with Gasteiger partial charge >= 0.3 is 13.7 Å². The first kappa shape index (κ1) is 29.4. The predicted molar refractivity (Wildman–Crippen MR) is 148 cm³/mol. The van der Waals surface area contributed by atoms with Crippen molar-refractivity contribution in [3.63, 3.8) is 0 Å². The van der Waals surface area contributed by atoms with Crippen LogP contribution in [0.3, 0.4) is 0 Å². The molecule has 12 nitrogen and oxygen atoms in total. The molecule has 3 N–H and O–H groups in total. The van der Waals surface area contributed by atoms with Gasteiger partial charge in [-0.3, -0.25) is 13.9 Å². The fourth-order valence-electron chi connectivity index (χ4n) is 4.53. The number of aromatic nitrogens is 3. The van der Waals surface area contributed by atoms with Crippen molar-refractivity contribution in [2.75, 3.05) is 11.9 Å². The highest BCUT2D eigenvalue weighted by atomic mass is 31.2. The Morgan fingerprint density at radius 2 is 1.98 bits per heavy atom. The fraction of sp³-hybridized carbons (Fsp3) is 0.519. The van der Waals surface area contributed by atoms with Crippen molar-refractivity contribution in [3.8, 4) is 5.75 Å². The number of ether oxygens (including phenoxy) is 2. The summed E-state index contributed by atoms with van der Waals surface area (Å²) >= 11 is 0. The van der Waals surface area contributed by atoms with Gasteiger partial charge < -0.3 is 24.4 Å². The average molecular weight is 592 g/mol. The molecule has 1 aliphatic heterocycles. The van der Waals surface area contributed by atoms with E-state index >= 15 is 4.39 Å². The van der Waals surface area contributed by atoms with Crippen LogP contribution in [-0.2, 0) is 23.4 Å². The molecule has 6 atom stereocenters. The molecule has 1 saturated heterocycles. The largest absolute Gasteiger partial charge is 0.462 e. The minimum absolute atomic E-state index is 0.209. The standard InChI is InChI=1S/C27H35FN5O7P/c1-16(2)38-25(35)17(3)32-41(36,40-19-8-6-5-7-9-19)37-14-21-23(34)27(4,28)26(39-21)33-15-30-22-20(31-18-10-11-18)12-13-29-24(22)33/h5-9,12-13,15-18,21,23,26,34H,10-11,14H2,1-4H3,(H,29,31)(H,32,36)/t17-,21-,23-,26-,27-,41+/m1/s1. The van der Waals surface area contributed by atoms with Crippen LogP contribution in [0.2, 0.25) is 0 Å². The molecular formula is C27H35FN5O7P. The number of para-hydroxylation sites is 1. The van der Waals surface area contributed by atoms with Crippen LogP contribution in [0.4, 0.5) is 10.1 Å². The number of carbonyl (C=O) groups excluding carboxylic acids is 1. The lowest BCUT2D eigenvalue weighted by molar-refractivity contribution is -0.149. The summed E-state index contributed by atoms with van der Waals surface area (Å²) in [7, 11) is -4.25. The number of hydrogen-bond donors (Lipinski definition) is 3. The van der Waals surface area contributed by atoms with Crippen LogP contribution >= 0.6 is 7.75 Å². The molecule has 1 aliphatic carbocycles. The van der Waals surface area contributed by atoms with Crippen molar-refractivity contribution >= 4 is 30.6 Å². The van der Waals surface area contributed by atoms with Crippen molar-refractivity contribution in [2.45, 2.75) is 82.8 Å². The summed E-state index contributed by atoms with van der Waals surface area (Å²) in [6.45, 7) is 5.52. The molecule has 0 unspecified atom stereocenters. The van der Waals surface area contributed by atoms with Gasteiger partial charge in [0, 0.05) is 12.2 Å². The Hall–Kier alpha value is -3.09. The van der Waals surface area contributed by atoms with Gasteiger partial charge in [0.05, 0.1) is 24.7 Å². The van der Waals surface area contributed by atoms with Crippen LogP contribution in [0, 0.1) is 0 Å². The van der Waals surface area contributed by atoms with E-state index in [0.717, 1.165) is 18.5 Å². The van der Waals surface area contributed by atoms with E-state index < -0.39 is 56.6 Å². The van der Waals surface area contributed by atoms with Crippen LogP contribution in [-0.4, -0.2) is 68.3 Å². The summed E-state index contributed by atoms with van der Waals surface area (Å²) in [5, 5.41) is 16.9.